The SMILES string of the molecule is CCC(c1cccc(C(F)(F)F)c1)N1CCCCC1C(=O)O. The Labute approximate surface area is 127 Å². The van der Waals surface area contributed by atoms with Crippen molar-refractivity contribution >= 4 is 5.97 Å². The number of alkyl halides is 3. The summed E-state index contributed by atoms with van der Waals surface area (Å²) in [6.45, 7) is 2.48. The number of rotatable bonds is 4. The maximum atomic E-state index is 12.9. The first-order valence-corrected chi connectivity index (χ1v) is 7.50. The fraction of sp³-hybridized carbons (Fsp3) is 0.562. The van der Waals surface area contributed by atoms with Gasteiger partial charge in [0.05, 0.1) is 5.56 Å². The number of carboxylic acids is 1. The highest BCUT2D eigenvalue weighted by molar-refractivity contribution is 5.73. The molecule has 0 amide bonds. The zero-order chi connectivity index (χ0) is 16.3. The Kier molecular flexibility index (Phi) is 5.11. The van der Waals surface area contributed by atoms with Crippen molar-refractivity contribution in [1.82, 2.24) is 4.90 Å². The van der Waals surface area contributed by atoms with E-state index in [1.807, 2.05) is 11.8 Å². The van der Waals surface area contributed by atoms with Crippen LogP contribution in [0.1, 0.15) is 49.8 Å². The van der Waals surface area contributed by atoms with Crippen molar-refractivity contribution in [3.63, 3.8) is 0 Å². The van der Waals surface area contributed by atoms with Crippen molar-refractivity contribution in [3.05, 3.63) is 35.4 Å². The number of carboxylic acid groups (broad SMARTS) is 1. The molecule has 1 heterocycles. The van der Waals surface area contributed by atoms with Crippen LogP contribution in [0, 0.1) is 0 Å². The highest BCUT2D eigenvalue weighted by Crippen LogP contribution is 2.35. The second-order valence-electron chi connectivity index (χ2n) is 5.63. The molecule has 22 heavy (non-hydrogen) atoms. The molecule has 0 spiro atoms. The predicted molar refractivity (Wildman–Crippen MR) is 76.5 cm³/mol. The molecule has 0 aliphatic carbocycles. The molecule has 0 radical (unpaired) electrons. The molecule has 3 nitrogen and oxygen atoms in total. The molecule has 1 fully saturated rings. The summed E-state index contributed by atoms with van der Waals surface area (Å²) >= 11 is 0. The summed E-state index contributed by atoms with van der Waals surface area (Å²) in [5, 5.41) is 9.36. The van der Waals surface area contributed by atoms with E-state index >= 15 is 0 Å². The molecule has 0 saturated carbocycles. The summed E-state index contributed by atoms with van der Waals surface area (Å²) in [5.41, 5.74) is -0.155. The van der Waals surface area contributed by atoms with Gasteiger partial charge >= 0.3 is 12.1 Å². The van der Waals surface area contributed by atoms with Crippen LogP contribution in [0.25, 0.3) is 0 Å². The van der Waals surface area contributed by atoms with Crippen LogP contribution in [-0.2, 0) is 11.0 Å². The summed E-state index contributed by atoms with van der Waals surface area (Å²) in [7, 11) is 0. The third kappa shape index (κ3) is 3.61. The van der Waals surface area contributed by atoms with Gasteiger partial charge in [-0.25, -0.2) is 0 Å². The molecule has 1 aromatic rings. The predicted octanol–water partition coefficient (Wildman–Crippen LogP) is 4.10. The molecule has 122 valence electrons. The van der Waals surface area contributed by atoms with E-state index in [0.29, 0.717) is 24.9 Å². The topological polar surface area (TPSA) is 40.5 Å². The van der Waals surface area contributed by atoms with Gasteiger partial charge in [-0.3, -0.25) is 9.69 Å². The maximum Gasteiger partial charge on any atom is 0.416 e. The van der Waals surface area contributed by atoms with E-state index in [4.69, 9.17) is 0 Å². The van der Waals surface area contributed by atoms with Gasteiger partial charge in [0.1, 0.15) is 6.04 Å². The summed E-state index contributed by atoms with van der Waals surface area (Å²) in [5.74, 6) is -0.898. The van der Waals surface area contributed by atoms with E-state index in [2.05, 4.69) is 0 Å². The van der Waals surface area contributed by atoms with Gasteiger partial charge in [0.15, 0.2) is 0 Å². The second-order valence-corrected chi connectivity index (χ2v) is 5.63. The van der Waals surface area contributed by atoms with Crippen molar-refractivity contribution in [2.24, 2.45) is 0 Å². The molecule has 2 unspecified atom stereocenters. The summed E-state index contributed by atoms with van der Waals surface area (Å²) in [6, 6.07) is 4.30. The lowest BCUT2D eigenvalue weighted by molar-refractivity contribution is -0.146. The Hall–Kier alpha value is -1.56. The van der Waals surface area contributed by atoms with Crippen LogP contribution in [0.4, 0.5) is 13.2 Å². The number of benzene rings is 1. The van der Waals surface area contributed by atoms with Gasteiger partial charge < -0.3 is 5.11 Å². The average Bonchev–Trinajstić information content (AvgIpc) is 2.48. The third-order valence-electron chi connectivity index (χ3n) is 4.22. The third-order valence-corrected chi connectivity index (χ3v) is 4.22. The fourth-order valence-corrected chi connectivity index (χ4v) is 3.18. The van der Waals surface area contributed by atoms with E-state index in [1.165, 1.54) is 6.07 Å². The van der Waals surface area contributed by atoms with Gasteiger partial charge in [-0.1, -0.05) is 25.5 Å². The van der Waals surface area contributed by atoms with Gasteiger partial charge in [0.25, 0.3) is 0 Å². The highest BCUT2D eigenvalue weighted by atomic mass is 19.4. The molecule has 6 heteroatoms. The minimum absolute atomic E-state index is 0.302. The molecule has 1 aliphatic rings. The molecule has 1 aromatic carbocycles. The van der Waals surface area contributed by atoms with Crippen molar-refractivity contribution < 1.29 is 23.1 Å². The van der Waals surface area contributed by atoms with E-state index in [0.717, 1.165) is 25.0 Å². The number of carbonyl (C=O) groups is 1. The van der Waals surface area contributed by atoms with E-state index < -0.39 is 23.8 Å². The van der Waals surface area contributed by atoms with Crippen LogP contribution < -0.4 is 0 Å². The fourth-order valence-electron chi connectivity index (χ4n) is 3.18. The lowest BCUT2D eigenvalue weighted by Gasteiger charge is -2.39. The van der Waals surface area contributed by atoms with Crippen molar-refractivity contribution in [2.75, 3.05) is 6.54 Å². The Morgan fingerprint density at radius 2 is 2.14 bits per heavy atom. The summed E-state index contributed by atoms with van der Waals surface area (Å²) < 4.78 is 38.6. The van der Waals surface area contributed by atoms with Gasteiger partial charge in [-0.2, -0.15) is 13.2 Å². The molecular formula is C16H20F3NO2. The van der Waals surface area contributed by atoms with Crippen molar-refractivity contribution in [3.8, 4) is 0 Å². The molecule has 1 N–H and O–H groups in total. The zero-order valence-corrected chi connectivity index (χ0v) is 12.4. The smallest absolute Gasteiger partial charge is 0.416 e. The number of piperidine rings is 1. The molecule has 2 rings (SSSR count). The average molecular weight is 315 g/mol. The second kappa shape index (κ2) is 6.69. The van der Waals surface area contributed by atoms with Crippen molar-refractivity contribution in [1.29, 1.82) is 0 Å². The Bertz CT molecular complexity index is 530. The Morgan fingerprint density at radius 3 is 2.73 bits per heavy atom. The lowest BCUT2D eigenvalue weighted by Crippen LogP contribution is -2.46. The number of hydrogen-bond acceptors (Lipinski definition) is 2. The molecule has 0 bridgehead atoms. The Morgan fingerprint density at radius 1 is 1.41 bits per heavy atom. The first-order valence-electron chi connectivity index (χ1n) is 7.50. The maximum absolute atomic E-state index is 12.9. The Balaban J connectivity index is 2.33. The quantitative estimate of drug-likeness (QED) is 0.909. The van der Waals surface area contributed by atoms with Gasteiger partial charge in [0, 0.05) is 6.04 Å². The van der Waals surface area contributed by atoms with Crippen LogP contribution >= 0.6 is 0 Å². The first kappa shape index (κ1) is 16.8. The van der Waals surface area contributed by atoms with E-state index in [9.17, 15) is 23.1 Å². The number of likely N-dealkylation sites (tertiary alicyclic amines) is 1. The monoisotopic (exact) mass is 315 g/mol. The van der Waals surface area contributed by atoms with Crippen LogP contribution in [0.3, 0.4) is 0 Å². The minimum Gasteiger partial charge on any atom is -0.480 e. The molecule has 1 saturated heterocycles. The standard InChI is InChI=1S/C16H20F3NO2/c1-2-13(20-9-4-3-8-14(20)15(21)22)11-6-5-7-12(10-11)16(17,18)19/h5-7,10,13-14H,2-4,8-9H2,1H3,(H,21,22). The highest BCUT2D eigenvalue weighted by Gasteiger charge is 2.35. The van der Waals surface area contributed by atoms with E-state index in [1.54, 1.807) is 6.07 Å². The molecule has 1 aliphatic heterocycles. The molecular weight excluding hydrogens is 295 g/mol. The van der Waals surface area contributed by atoms with Crippen LogP contribution in [0.15, 0.2) is 24.3 Å². The number of halogens is 3. The number of aliphatic carboxylic acids is 1. The van der Waals surface area contributed by atoms with Gasteiger partial charge in [-0.15, -0.1) is 0 Å². The normalized spacial score (nSPS) is 21.5. The lowest BCUT2D eigenvalue weighted by atomic mass is 9.94. The zero-order valence-electron chi connectivity index (χ0n) is 12.4. The minimum atomic E-state index is -4.39. The van der Waals surface area contributed by atoms with Gasteiger partial charge in [-0.05, 0) is 43.5 Å². The summed E-state index contributed by atoms with van der Waals surface area (Å²) in [6.07, 6.45) is -1.55. The van der Waals surface area contributed by atoms with Crippen molar-refractivity contribution in [2.45, 2.75) is 50.9 Å². The molecule has 2 atom stereocenters. The van der Waals surface area contributed by atoms with Gasteiger partial charge in [0.2, 0.25) is 0 Å². The van der Waals surface area contributed by atoms with Crippen LogP contribution in [0.5, 0.6) is 0 Å². The van der Waals surface area contributed by atoms with Crippen LogP contribution in [0.2, 0.25) is 0 Å². The number of hydrogen-bond donors (Lipinski definition) is 1. The molecule has 0 aromatic heterocycles. The first-order chi connectivity index (χ1) is 10.3. The number of nitrogens with zero attached hydrogens (tertiary/aromatic N) is 1. The van der Waals surface area contributed by atoms with Crippen LogP contribution in [-0.4, -0.2) is 28.6 Å². The van der Waals surface area contributed by atoms with E-state index in [-0.39, 0.29) is 6.04 Å². The summed E-state index contributed by atoms with van der Waals surface area (Å²) in [4.78, 5) is 13.3. The largest absolute Gasteiger partial charge is 0.480 e.